The number of nitrogens with one attached hydrogen (secondary N) is 1. The number of hydrogen-bond donors (Lipinski definition) is 3. The smallest absolute Gasteiger partial charge is 0.258 e. The monoisotopic (exact) mass is 384 g/mol. The molecule has 1 fully saturated rings. The predicted molar refractivity (Wildman–Crippen MR) is 104 cm³/mol. The number of benzene rings is 2. The van der Waals surface area contributed by atoms with Crippen LogP contribution in [0.15, 0.2) is 42.5 Å². The van der Waals surface area contributed by atoms with Crippen LogP contribution in [0, 0.1) is 6.92 Å². The van der Waals surface area contributed by atoms with Gasteiger partial charge in [-0.25, -0.2) is 0 Å². The van der Waals surface area contributed by atoms with E-state index in [2.05, 4.69) is 5.32 Å². The fourth-order valence-electron chi connectivity index (χ4n) is 3.18. The Labute approximate surface area is 163 Å². The zero-order valence-electron chi connectivity index (χ0n) is 15.7. The molecule has 0 saturated carbocycles. The van der Waals surface area contributed by atoms with Gasteiger partial charge in [0.2, 0.25) is 0 Å². The number of rotatable bonds is 5. The van der Waals surface area contributed by atoms with Gasteiger partial charge < -0.3 is 25.2 Å². The highest BCUT2D eigenvalue weighted by atomic mass is 16.5. The molecule has 1 saturated heterocycles. The van der Waals surface area contributed by atoms with E-state index in [0.29, 0.717) is 31.7 Å². The van der Waals surface area contributed by atoms with Crippen LogP contribution in [0.2, 0.25) is 0 Å². The maximum absolute atomic E-state index is 12.5. The lowest BCUT2D eigenvalue weighted by Gasteiger charge is -2.32. The van der Waals surface area contributed by atoms with Crippen molar-refractivity contribution in [1.29, 1.82) is 0 Å². The van der Waals surface area contributed by atoms with E-state index in [4.69, 9.17) is 4.74 Å². The first-order valence-electron chi connectivity index (χ1n) is 9.22. The molecule has 0 bridgehead atoms. The molecule has 0 aromatic heterocycles. The first kappa shape index (κ1) is 19.5. The van der Waals surface area contributed by atoms with Gasteiger partial charge in [-0.3, -0.25) is 9.59 Å². The van der Waals surface area contributed by atoms with E-state index >= 15 is 0 Å². The third-order valence-electron chi connectivity index (χ3n) is 4.69. The number of ether oxygens (including phenoxy) is 1. The van der Waals surface area contributed by atoms with E-state index in [-0.39, 0.29) is 41.5 Å². The summed E-state index contributed by atoms with van der Waals surface area (Å²) in [7, 11) is 0. The maximum Gasteiger partial charge on any atom is 0.258 e. The van der Waals surface area contributed by atoms with Gasteiger partial charge in [-0.2, -0.15) is 0 Å². The van der Waals surface area contributed by atoms with E-state index in [1.807, 2.05) is 31.2 Å². The fourth-order valence-corrected chi connectivity index (χ4v) is 3.18. The zero-order valence-corrected chi connectivity index (χ0v) is 15.7. The number of piperidine rings is 1. The molecule has 1 heterocycles. The molecule has 0 spiro atoms. The normalized spacial score (nSPS) is 14.5. The van der Waals surface area contributed by atoms with Crippen molar-refractivity contribution in [2.75, 3.05) is 19.7 Å². The number of carbonyl (C=O) groups is 2. The SMILES string of the molecule is Cc1ccc(OCC(=O)NC2CCN(C(=O)c3cc(O)cc(O)c3)CC2)cc1. The van der Waals surface area contributed by atoms with Gasteiger partial charge in [-0.05, 0) is 44.0 Å². The molecule has 2 aromatic carbocycles. The van der Waals surface area contributed by atoms with Crippen LogP contribution in [-0.4, -0.2) is 52.7 Å². The van der Waals surface area contributed by atoms with Crippen molar-refractivity contribution >= 4 is 11.8 Å². The highest BCUT2D eigenvalue weighted by molar-refractivity contribution is 5.95. The largest absolute Gasteiger partial charge is 0.508 e. The molecular formula is C21H24N2O5. The van der Waals surface area contributed by atoms with Crippen molar-refractivity contribution in [2.24, 2.45) is 0 Å². The molecule has 0 radical (unpaired) electrons. The van der Waals surface area contributed by atoms with Crippen molar-refractivity contribution in [3.63, 3.8) is 0 Å². The van der Waals surface area contributed by atoms with Crippen LogP contribution in [0.1, 0.15) is 28.8 Å². The lowest BCUT2D eigenvalue weighted by atomic mass is 10.0. The lowest BCUT2D eigenvalue weighted by molar-refractivity contribution is -0.124. The summed E-state index contributed by atoms with van der Waals surface area (Å²) >= 11 is 0. The van der Waals surface area contributed by atoms with Crippen molar-refractivity contribution in [3.05, 3.63) is 53.6 Å². The van der Waals surface area contributed by atoms with Gasteiger partial charge in [0.05, 0.1) is 0 Å². The summed E-state index contributed by atoms with van der Waals surface area (Å²) in [5.74, 6) is -0.101. The van der Waals surface area contributed by atoms with Crippen LogP contribution >= 0.6 is 0 Å². The minimum absolute atomic E-state index is 0.0178. The predicted octanol–water partition coefficient (Wildman–Crippen LogP) is 2.21. The molecular weight excluding hydrogens is 360 g/mol. The third kappa shape index (κ3) is 5.16. The standard InChI is InChI=1S/C21H24N2O5/c1-14-2-4-19(5-3-14)28-13-20(26)22-16-6-8-23(9-7-16)21(27)15-10-17(24)12-18(25)11-15/h2-5,10-12,16,24-25H,6-9,13H2,1H3,(H,22,26). The third-order valence-corrected chi connectivity index (χ3v) is 4.69. The molecule has 3 N–H and O–H groups in total. The first-order chi connectivity index (χ1) is 13.4. The molecule has 2 amide bonds. The number of phenolic OH excluding ortho intramolecular Hbond substituents is 2. The van der Waals surface area contributed by atoms with Gasteiger partial charge in [0.1, 0.15) is 17.2 Å². The average Bonchev–Trinajstić information content (AvgIpc) is 2.67. The Balaban J connectivity index is 1.45. The number of likely N-dealkylation sites (tertiary alicyclic amines) is 1. The fraction of sp³-hybridized carbons (Fsp3) is 0.333. The summed E-state index contributed by atoms with van der Waals surface area (Å²) in [6, 6.07) is 11.3. The maximum atomic E-state index is 12.5. The summed E-state index contributed by atoms with van der Waals surface area (Å²) in [6.07, 6.45) is 1.26. The summed E-state index contributed by atoms with van der Waals surface area (Å²) < 4.78 is 5.48. The van der Waals surface area contributed by atoms with Crippen molar-refractivity contribution in [2.45, 2.75) is 25.8 Å². The lowest BCUT2D eigenvalue weighted by Crippen LogP contribution is -2.47. The zero-order chi connectivity index (χ0) is 20.1. The number of carbonyl (C=O) groups excluding carboxylic acids is 2. The van der Waals surface area contributed by atoms with Gasteiger partial charge in [-0.1, -0.05) is 17.7 Å². The highest BCUT2D eigenvalue weighted by Gasteiger charge is 2.25. The second-order valence-electron chi connectivity index (χ2n) is 6.97. The molecule has 0 atom stereocenters. The summed E-state index contributed by atoms with van der Waals surface area (Å²) in [6.45, 7) is 2.90. The topological polar surface area (TPSA) is 99.1 Å². The van der Waals surface area contributed by atoms with Gasteiger partial charge in [0.25, 0.3) is 11.8 Å². The van der Waals surface area contributed by atoms with Gasteiger partial charge in [-0.15, -0.1) is 0 Å². The Morgan fingerprint density at radius 3 is 2.29 bits per heavy atom. The second kappa shape index (κ2) is 8.65. The molecule has 0 unspecified atom stereocenters. The van der Waals surface area contributed by atoms with E-state index in [1.165, 1.54) is 18.2 Å². The minimum Gasteiger partial charge on any atom is -0.508 e. The Morgan fingerprint density at radius 1 is 1.07 bits per heavy atom. The van der Waals surface area contributed by atoms with Gasteiger partial charge in [0, 0.05) is 30.8 Å². The van der Waals surface area contributed by atoms with Crippen molar-refractivity contribution in [3.8, 4) is 17.2 Å². The Hall–Kier alpha value is -3.22. The quantitative estimate of drug-likeness (QED) is 0.734. The van der Waals surface area contributed by atoms with E-state index < -0.39 is 0 Å². The minimum atomic E-state index is -0.251. The molecule has 1 aliphatic rings. The van der Waals surface area contributed by atoms with Crippen molar-refractivity contribution < 1.29 is 24.5 Å². The first-order valence-corrected chi connectivity index (χ1v) is 9.22. The van der Waals surface area contributed by atoms with Crippen LogP contribution in [-0.2, 0) is 4.79 Å². The van der Waals surface area contributed by atoms with Gasteiger partial charge >= 0.3 is 0 Å². The van der Waals surface area contributed by atoms with Crippen LogP contribution in [0.5, 0.6) is 17.2 Å². The molecule has 2 aromatic rings. The number of hydrogen-bond acceptors (Lipinski definition) is 5. The molecule has 7 heteroatoms. The number of nitrogens with zero attached hydrogens (tertiary/aromatic N) is 1. The number of phenols is 2. The Kier molecular flexibility index (Phi) is 6.03. The Bertz CT molecular complexity index is 822. The molecule has 7 nitrogen and oxygen atoms in total. The summed E-state index contributed by atoms with van der Waals surface area (Å²) in [4.78, 5) is 26.3. The molecule has 0 aliphatic carbocycles. The summed E-state index contributed by atoms with van der Waals surface area (Å²) in [5.41, 5.74) is 1.37. The van der Waals surface area contributed by atoms with Gasteiger partial charge in [0.15, 0.2) is 6.61 Å². The van der Waals surface area contributed by atoms with E-state index in [1.54, 1.807) is 4.90 Å². The molecule has 3 rings (SSSR count). The molecule has 1 aliphatic heterocycles. The van der Waals surface area contributed by atoms with Crippen molar-refractivity contribution in [1.82, 2.24) is 10.2 Å². The second-order valence-corrected chi connectivity index (χ2v) is 6.97. The summed E-state index contributed by atoms with van der Waals surface area (Å²) in [5, 5.41) is 22.0. The van der Waals surface area contributed by atoms with Crippen LogP contribution in [0.25, 0.3) is 0 Å². The molecule has 148 valence electrons. The number of aromatic hydroxyl groups is 2. The Morgan fingerprint density at radius 2 is 1.68 bits per heavy atom. The molecule has 28 heavy (non-hydrogen) atoms. The van der Waals surface area contributed by atoms with E-state index in [0.717, 1.165) is 5.56 Å². The van der Waals surface area contributed by atoms with Crippen LogP contribution in [0.4, 0.5) is 0 Å². The van der Waals surface area contributed by atoms with E-state index in [9.17, 15) is 19.8 Å². The average molecular weight is 384 g/mol. The van der Waals surface area contributed by atoms with Crippen LogP contribution in [0.3, 0.4) is 0 Å². The number of aryl methyl sites for hydroxylation is 1. The number of amides is 2. The van der Waals surface area contributed by atoms with Crippen LogP contribution < -0.4 is 10.1 Å². The highest BCUT2D eigenvalue weighted by Crippen LogP contribution is 2.23.